The highest BCUT2D eigenvalue weighted by Crippen LogP contribution is 2.03. The Bertz CT molecular complexity index is 157. The molecule has 0 aromatic heterocycles. The molecule has 0 aliphatic carbocycles. The van der Waals surface area contributed by atoms with E-state index < -0.39 is 0 Å². The zero-order chi connectivity index (χ0) is 7.82. The van der Waals surface area contributed by atoms with E-state index >= 15 is 0 Å². The SMILES string of the molecule is C#CCSC(=S)OCC=C. The molecule has 0 unspecified atom stereocenters. The molecule has 0 aliphatic heterocycles. The average molecular weight is 172 g/mol. The van der Waals surface area contributed by atoms with E-state index in [0.29, 0.717) is 16.7 Å². The smallest absolute Gasteiger partial charge is 0.221 e. The van der Waals surface area contributed by atoms with Crippen LogP contribution < -0.4 is 0 Å². The normalized spacial score (nSPS) is 7.90. The van der Waals surface area contributed by atoms with Crippen LogP contribution in [0, 0.1) is 12.3 Å². The Kier molecular flexibility index (Phi) is 6.35. The van der Waals surface area contributed by atoms with Crippen molar-refractivity contribution in [3.8, 4) is 12.3 Å². The molecule has 0 spiro atoms. The van der Waals surface area contributed by atoms with Gasteiger partial charge in [-0.2, -0.15) is 0 Å². The van der Waals surface area contributed by atoms with Gasteiger partial charge in [-0.05, 0) is 12.2 Å². The Hall–Kier alpha value is -0.460. The van der Waals surface area contributed by atoms with Crippen LogP contribution in [0.5, 0.6) is 0 Å². The first kappa shape index (κ1) is 9.54. The molecule has 0 amide bonds. The van der Waals surface area contributed by atoms with Gasteiger partial charge in [0.1, 0.15) is 6.61 Å². The third-order valence-corrected chi connectivity index (χ3v) is 1.73. The first-order valence-electron chi connectivity index (χ1n) is 2.65. The van der Waals surface area contributed by atoms with Crippen molar-refractivity contribution in [1.29, 1.82) is 0 Å². The molecule has 10 heavy (non-hydrogen) atoms. The summed E-state index contributed by atoms with van der Waals surface area (Å²) in [4.78, 5) is 0. The number of hydrogen-bond donors (Lipinski definition) is 0. The van der Waals surface area contributed by atoms with Gasteiger partial charge in [-0.15, -0.1) is 6.42 Å². The van der Waals surface area contributed by atoms with Crippen molar-refractivity contribution in [2.45, 2.75) is 0 Å². The minimum Gasteiger partial charge on any atom is -0.474 e. The topological polar surface area (TPSA) is 9.23 Å². The summed E-state index contributed by atoms with van der Waals surface area (Å²) >= 11 is 6.12. The molecular formula is C7H8OS2. The molecule has 0 aromatic rings. The number of hydrogen-bond acceptors (Lipinski definition) is 3. The Morgan fingerprint density at radius 3 is 3.10 bits per heavy atom. The fourth-order valence-electron chi connectivity index (χ4n) is 0.269. The predicted molar refractivity (Wildman–Crippen MR) is 50.0 cm³/mol. The summed E-state index contributed by atoms with van der Waals surface area (Å²) < 4.78 is 5.46. The maximum Gasteiger partial charge on any atom is 0.221 e. The molecule has 0 saturated carbocycles. The molecule has 0 saturated heterocycles. The zero-order valence-electron chi connectivity index (χ0n) is 5.50. The summed E-state index contributed by atoms with van der Waals surface area (Å²) in [5.41, 5.74) is 0. The van der Waals surface area contributed by atoms with Gasteiger partial charge in [0, 0.05) is 0 Å². The fourth-order valence-corrected chi connectivity index (χ4v) is 0.867. The molecule has 54 valence electrons. The second-order valence-corrected chi connectivity index (χ2v) is 2.92. The van der Waals surface area contributed by atoms with Gasteiger partial charge < -0.3 is 4.74 Å². The lowest BCUT2D eigenvalue weighted by Crippen LogP contribution is -1.96. The van der Waals surface area contributed by atoms with Gasteiger partial charge in [0.2, 0.25) is 4.38 Å². The predicted octanol–water partition coefficient (Wildman–Crippen LogP) is 1.84. The van der Waals surface area contributed by atoms with Crippen LogP contribution in [0.15, 0.2) is 12.7 Å². The summed E-state index contributed by atoms with van der Waals surface area (Å²) in [5.74, 6) is 3.01. The van der Waals surface area contributed by atoms with Crippen molar-refractivity contribution in [2.75, 3.05) is 12.4 Å². The van der Waals surface area contributed by atoms with Gasteiger partial charge in [0.15, 0.2) is 0 Å². The minimum absolute atomic E-state index is 0.455. The maximum absolute atomic E-state index is 5.00. The third-order valence-electron chi connectivity index (χ3n) is 0.592. The molecule has 0 atom stereocenters. The van der Waals surface area contributed by atoms with E-state index in [9.17, 15) is 0 Å². The molecule has 0 aliphatic rings. The highest BCUT2D eigenvalue weighted by Gasteiger charge is 1.93. The monoisotopic (exact) mass is 172 g/mol. The number of thiocarbonyl (C=S) groups is 1. The van der Waals surface area contributed by atoms with Crippen LogP contribution in [0.3, 0.4) is 0 Å². The number of rotatable bonds is 3. The van der Waals surface area contributed by atoms with E-state index in [-0.39, 0.29) is 0 Å². The molecule has 0 aromatic carbocycles. The molecular weight excluding hydrogens is 164 g/mol. The van der Waals surface area contributed by atoms with Gasteiger partial charge in [0.05, 0.1) is 5.75 Å². The van der Waals surface area contributed by atoms with Crippen LogP contribution >= 0.6 is 24.0 Å². The van der Waals surface area contributed by atoms with Crippen molar-refractivity contribution >= 4 is 28.4 Å². The van der Waals surface area contributed by atoms with E-state index in [0.717, 1.165) is 0 Å². The fraction of sp³-hybridized carbons (Fsp3) is 0.286. The van der Waals surface area contributed by atoms with E-state index in [2.05, 4.69) is 12.5 Å². The van der Waals surface area contributed by atoms with Crippen LogP contribution in [-0.4, -0.2) is 16.7 Å². The zero-order valence-corrected chi connectivity index (χ0v) is 7.13. The first-order chi connectivity index (χ1) is 4.81. The van der Waals surface area contributed by atoms with Crippen LogP contribution in [0.1, 0.15) is 0 Å². The van der Waals surface area contributed by atoms with Crippen LogP contribution in [-0.2, 0) is 4.74 Å². The van der Waals surface area contributed by atoms with Gasteiger partial charge in [-0.25, -0.2) is 0 Å². The molecule has 1 nitrogen and oxygen atoms in total. The molecule has 0 radical (unpaired) electrons. The highest BCUT2D eigenvalue weighted by molar-refractivity contribution is 8.22. The van der Waals surface area contributed by atoms with Crippen molar-refractivity contribution in [3.63, 3.8) is 0 Å². The second kappa shape index (κ2) is 6.66. The molecule has 0 fully saturated rings. The molecule has 0 rings (SSSR count). The lowest BCUT2D eigenvalue weighted by molar-refractivity contribution is 0.371. The molecule has 0 N–H and O–H groups in total. The van der Waals surface area contributed by atoms with Crippen LogP contribution in [0.25, 0.3) is 0 Å². The lowest BCUT2D eigenvalue weighted by atomic mass is 10.7. The van der Waals surface area contributed by atoms with E-state index in [1.807, 2.05) is 0 Å². The third kappa shape index (κ3) is 5.67. The van der Waals surface area contributed by atoms with Gasteiger partial charge in [-0.1, -0.05) is 30.3 Å². The number of terminal acetylenes is 1. The quantitative estimate of drug-likeness (QED) is 0.365. The largest absolute Gasteiger partial charge is 0.474 e. The van der Waals surface area contributed by atoms with Crippen molar-refractivity contribution in [2.24, 2.45) is 0 Å². The Balaban J connectivity index is 3.27. The van der Waals surface area contributed by atoms with Gasteiger partial charge in [0.25, 0.3) is 0 Å². The van der Waals surface area contributed by atoms with Crippen molar-refractivity contribution < 1.29 is 4.74 Å². The average Bonchev–Trinajstić information content (AvgIpc) is 1.97. The summed E-state index contributed by atoms with van der Waals surface area (Å²) in [5, 5.41) is 0. The standard InChI is InChI=1S/C7H8OS2/c1-3-5-8-7(9)10-6-4-2/h2-3H,1,5-6H2. The summed E-state index contributed by atoms with van der Waals surface area (Å²) in [6.07, 6.45) is 6.64. The lowest BCUT2D eigenvalue weighted by Gasteiger charge is -1.99. The molecule has 3 heteroatoms. The van der Waals surface area contributed by atoms with Crippen LogP contribution in [0.2, 0.25) is 0 Å². The van der Waals surface area contributed by atoms with Crippen molar-refractivity contribution in [1.82, 2.24) is 0 Å². The Morgan fingerprint density at radius 1 is 1.90 bits per heavy atom. The second-order valence-electron chi connectivity index (χ2n) is 1.34. The van der Waals surface area contributed by atoms with Gasteiger partial charge in [-0.3, -0.25) is 0 Å². The van der Waals surface area contributed by atoms with E-state index in [1.54, 1.807) is 6.08 Å². The number of ether oxygens (including phenoxy) is 1. The van der Waals surface area contributed by atoms with Gasteiger partial charge >= 0.3 is 0 Å². The Labute approximate surface area is 70.8 Å². The van der Waals surface area contributed by atoms with E-state index in [4.69, 9.17) is 23.4 Å². The van der Waals surface area contributed by atoms with Crippen molar-refractivity contribution in [3.05, 3.63) is 12.7 Å². The van der Waals surface area contributed by atoms with Crippen LogP contribution in [0.4, 0.5) is 0 Å². The minimum atomic E-state index is 0.455. The summed E-state index contributed by atoms with van der Waals surface area (Å²) in [7, 11) is 0. The molecule has 0 heterocycles. The maximum atomic E-state index is 5.00. The Morgan fingerprint density at radius 2 is 2.60 bits per heavy atom. The van der Waals surface area contributed by atoms with E-state index in [1.165, 1.54) is 11.8 Å². The highest BCUT2D eigenvalue weighted by atomic mass is 32.2. The summed E-state index contributed by atoms with van der Waals surface area (Å²) in [6.45, 7) is 3.93. The number of thioether (sulfide) groups is 1. The first-order valence-corrected chi connectivity index (χ1v) is 4.04. The summed E-state index contributed by atoms with van der Waals surface area (Å²) in [6, 6.07) is 0. The molecule has 0 bridgehead atoms.